The Balaban J connectivity index is 2.25. The first-order valence-corrected chi connectivity index (χ1v) is 7.95. The lowest BCUT2D eigenvalue weighted by Gasteiger charge is -2.17. The number of thiophene rings is 1. The van der Waals surface area contributed by atoms with E-state index >= 15 is 0 Å². The number of nitrogens with one attached hydrogen (secondary N) is 1. The van der Waals surface area contributed by atoms with Gasteiger partial charge in [-0.2, -0.15) is 0 Å². The number of likely N-dealkylation sites (N-methyl/N-ethyl adjacent to an activating group) is 1. The quantitative estimate of drug-likeness (QED) is 0.814. The van der Waals surface area contributed by atoms with Gasteiger partial charge in [-0.05, 0) is 56.1 Å². The van der Waals surface area contributed by atoms with Gasteiger partial charge < -0.3 is 5.32 Å². The number of aryl methyl sites for hydroxylation is 2. The third-order valence-corrected chi connectivity index (χ3v) is 4.92. The first-order chi connectivity index (χ1) is 9.51. The molecule has 2 aromatic rings. The van der Waals surface area contributed by atoms with Crippen LogP contribution in [0.15, 0.2) is 24.3 Å². The molecule has 1 aromatic carbocycles. The summed E-state index contributed by atoms with van der Waals surface area (Å²) in [6, 6.07) is 7.24. The number of benzene rings is 1. The first-order valence-electron chi connectivity index (χ1n) is 6.75. The van der Waals surface area contributed by atoms with Crippen LogP contribution in [0.1, 0.15) is 33.8 Å². The summed E-state index contributed by atoms with van der Waals surface area (Å²) in [6.07, 6.45) is 0.635. The van der Waals surface area contributed by atoms with Crippen LogP contribution in [0.4, 0.5) is 4.39 Å². The zero-order valence-corrected chi connectivity index (χ0v) is 13.5. The monoisotopic (exact) mass is 311 g/mol. The minimum Gasteiger partial charge on any atom is -0.309 e. The van der Waals surface area contributed by atoms with Crippen molar-refractivity contribution in [2.45, 2.75) is 33.2 Å². The second-order valence-corrected chi connectivity index (χ2v) is 6.66. The molecule has 0 radical (unpaired) electrons. The fraction of sp³-hybridized carbons (Fsp3) is 0.375. The molecule has 0 saturated heterocycles. The number of halogens is 2. The van der Waals surface area contributed by atoms with E-state index in [0.29, 0.717) is 17.0 Å². The van der Waals surface area contributed by atoms with E-state index in [1.54, 1.807) is 23.5 Å². The number of hydrogen-bond acceptors (Lipinski definition) is 2. The van der Waals surface area contributed by atoms with Crippen LogP contribution in [0.2, 0.25) is 5.02 Å². The number of hydrogen-bond donors (Lipinski definition) is 1. The van der Waals surface area contributed by atoms with Crippen molar-refractivity contribution in [3.05, 3.63) is 56.0 Å². The Morgan fingerprint density at radius 2 is 2.05 bits per heavy atom. The highest BCUT2D eigenvalue weighted by Gasteiger charge is 2.16. The average molecular weight is 312 g/mol. The highest BCUT2D eigenvalue weighted by molar-refractivity contribution is 7.12. The van der Waals surface area contributed by atoms with Crippen molar-refractivity contribution in [3.8, 4) is 0 Å². The predicted molar refractivity (Wildman–Crippen MR) is 85.3 cm³/mol. The van der Waals surface area contributed by atoms with Crippen molar-refractivity contribution in [1.29, 1.82) is 0 Å². The molecule has 0 bridgehead atoms. The van der Waals surface area contributed by atoms with Gasteiger partial charge in [-0.15, -0.1) is 11.3 Å². The lowest BCUT2D eigenvalue weighted by molar-refractivity contribution is 0.534. The van der Waals surface area contributed by atoms with Gasteiger partial charge in [0.2, 0.25) is 0 Å². The van der Waals surface area contributed by atoms with Gasteiger partial charge in [0.25, 0.3) is 0 Å². The van der Waals surface area contributed by atoms with Crippen LogP contribution in [-0.4, -0.2) is 6.54 Å². The molecule has 0 aliphatic carbocycles. The molecule has 20 heavy (non-hydrogen) atoms. The number of rotatable bonds is 5. The first kappa shape index (κ1) is 15.5. The summed E-state index contributed by atoms with van der Waals surface area (Å²) in [5.74, 6) is -0.231. The molecule has 1 atom stereocenters. The van der Waals surface area contributed by atoms with E-state index in [0.717, 1.165) is 6.54 Å². The van der Waals surface area contributed by atoms with Gasteiger partial charge in [-0.25, -0.2) is 4.39 Å². The highest BCUT2D eigenvalue weighted by atomic mass is 35.5. The van der Waals surface area contributed by atoms with E-state index in [1.165, 1.54) is 21.4 Å². The highest BCUT2D eigenvalue weighted by Crippen LogP contribution is 2.29. The summed E-state index contributed by atoms with van der Waals surface area (Å²) in [7, 11) is 0. The smallest absolute Gasteiger partial charge is 0.127 e. The van der Waals surface area contributed by atoms with Crippen LogP contribution >= 0.6 is 22.9 Å². The molecule has 4 heteroatoms. The van der Waals surface area contributed by atoms with Gasteiger partial charge in [-0.1, -0.05) is 24.6 Å². The van der Waals surface area contributed by atoms with Crippen LogP contribution < -0.4 is 5.32 Å². The van der Waals surface area contributed by atoms with E-state index in [-0.39, 0.29) is 11.9 Å². The van der Waals surface area contributed by atoms with Gasteiger partial charge in [0, 0.05) is 20.8 Å². The lowest BCUT2D eigenvalue weighted by Crippen LogP contribution is -2.22. The molecular formula is C16H19ClFNS. The maximum atomic E-state index is 13.9. The Morgan fingerprint density at radius 1 is 1.30 bits per heavy atom. The van der Waals surface area contributed by atoms with Crippen molar-refractivity contribution in [2.24, 2.45) is 0 Å². The summed E-state index contributed by atoms with van der Waals surface area (Å²) in [6.45, 7) is 7.16. The molecular weight excluding hydrogens is 293 g/mol. The molecule has 0 fully saturated rings. The Bertz CT molecular complexity index is 575. The predicted octanol–water partition coefficient (Wildman–Crippen LogP) is 5.05. The fourth-order valence-corrected chi connectivity index (χ4v) is 3.48. The fourth-order valence-electron chi connectivity index (χ4n) is 2.20. The van der Waals surface area contributed by atoms with Crippen LogP contribution in [0.25, 0.3) is 0 Å². The van der Waals surface area contributed by atoms with E-state index in [1.807, 2.05) is 0 Å². The second-order valence-electron chi connectivity index (χ2n) is 4.94. The molecule has 108 valence electrons. The zero-order valence-electron chi connectivity index (χ0n) is 12.0. The maximum absolute atomic E-state index is 13.9. The van der Waals surface area contributed by atoms with Crippen LogP contribution in [-0.2, 0) is 6.42 Å². The van der Waals surface area contributed by atoms with Crippen molar-refractivity contribution in [2.75, 3.05) is 6.54 Å². The molecule has 0 aliphatic heterocycles. The van der Waals surface area contributed by atoms with Crippen molar-refractivity contribution >= 4 is 22.9 Å². The van der Waals surface area contributed by atoms with E-state index in [2.05, 4.69) is 32.2 Å². The lowest BCUT2D eigenvalue weighted by atomic mass is 10.0. The Hall–Kier alpha value is -0.900. The summed E-state index contributed by atoms with van der Waals surface area (Å²) in [4.78, 5) is 2.58. The third kappa shape index (κ3) is 3.60. The summed E-state index contributed by atoms with van der Waals surface area (Å²) < 4.78 is 13.9. The van der Waals surface area contributed by atoms with Crippen LogP contribution in [0.3, 0.4) is 0 Å². The summed E-state index contributed by atoms with van der Waals surface area (Å²) in [5, 5.41) is 3.88. The SMILES string of the molecule is CCNC(Cc1ccc(Cl)cc1F)c1cc(C)c(C)s1. The molecule has 0 spiro atoms. The molecule has 1 nitrogen and oxygen atoms in total. The third-order valence-electron chi connectivity index (χ3n) is 3.42. The zero-order chi connectivity index (χ0) is 14.7. The van der Waals surface area contributed by atoms with Gasteiger partial charge in [0.1, 0.15) is 5.82 Å². The Labute approximate surface area is 128 Å². The van der Waals surface area contributed by atoms with Gasteiger partial charge in [-0.3, -0.25) is 0 Å². The maximum Gasteiger partial charge on any atom is 0.127 e. The standard InChI is InChI=1S/C16H19ClFNS/c1-4-19-15(16-7-10(2)11(3)20-16)8-12-5-6-13(17)9-14(12)18/h5-7,9,15,19H,4,8H2,1-3H3. The molecule has 2 rings (SSSR count). The van der Waals surface area contributed by atoms with E-state index in [9.17, 15) is 4.39 Å². The Morgan fingerprint density at radius 3 is 2.60 bits per heavy atom. The van der Waals surface area contributed by atoms with Crippen molar-refractivity contribution in [3.63, 3.8) is 0 Å². The molecule has 1 N–H and O–H groups in total. The minimum absolute atomic E-state index is 0.146. The largest absolute Gasteiger partial charge is 0.309 e. The molecule has 1 unspecified atom stereocenters. The van der Waals surface area contributed by atoms with E-state index < -0.39 is 0 Å². The molecule has 1 aromatic heterocycles. The summed E-state index contributed by atoms with van der Waals surface area (Å²) in [5.41, 5.74) is 1.99. The molecule has 0 saturated carbocycles. The summed E-state index contributed by atoms with van der Waals surface area (Å²) >= 11 is 7.58. The molecule has 0 aliphatic rings. The Kier molecular flexibility index (Phi) is 5.19. The average Bonchev–Trinajstić information content (AvgIpc) is 2.72. The van der Waals surface area contributed by atoms with Gasteiger partial charge >= 0.3 is 0 Å². The van der Waals surface area contributed by atoms with Gasteiger partial charge in [0.05, 0.1) is 0 Å². The van der Waals surface area contributed by atoms with Crippen LogP contribution in [0, 0.1) is 19.7 Å². The topological polar surface area (TPSA) is 12.0 Å². The van der Waals surface area contributed by atoms with Gasteiger partial charge in [0.15, 0.2) is 0 Å². The second kappa shape index (κ2) is 6.70. The minimum atomic E-state index is -0.231. The van der Waals surface area contributed by atoms with Crippen molar-refractivity contribution < 1.29 is 4.39 Å². The van der Waals surface area contributed by atoms with Crippen molar-refractivity contribution in [1.82, 2.24) is 5.32 Å². The molecule has 1 heterocycles. The van der Waals surface area contributed by atoms with Crippen LogP contribution in [0.5, 0.6) is 0 Å². The van der Waals surface area contributed by atoms with E-state index in [4.69, 9.17) is 11.6 Å². The molecule has 0 amide bonds. The normalized spacial score (nSPS) is 12.7.